The maximum Gasteiger partial charge on any atom is 0.319 e. The largest absolute Gasteiger partial charge is 0.480 e. The van der Waals surface area contributed by atoms with Gasteiger partial charge >= 0.3 is 5.97 Å². The summed E-state index contributed by atoms with van der Waals surface area (Å²) >= 11 is 0. The summed E-state index contributed by atoms with van der Waals surface area (Å²) < 4.78 is 0. The van der Waals surface area contributed by atoms with Crippen molar-refractivity contribution in [1.82, 2.24) is 10.6 Å². The van der Waals surface area contributed by atoms with Crippen LogP contribution >= 0.6 is 0 Å². The van der Waals surface area contributed by atoms with Crippen molar-refractivity contribution in [3.8, 4) is 0 Å². The molecule has 0 aromatic heterocycles. The summed E-state index contributed by atoms with van der Waals surface area (Å²) in [4.78, 5) is 23.9. The third kappa shape index (κ3) is 2.73. The molecule has 0 radical (unpaired) electrons. The molecule has 118 valence electrons. The Bertz CT molecular complexity index is 579. The van der Waals surface area contributed by atoms with Crippen LogP contribution < -0.4 is 10.6 Å². The summed E-state index contributed by atoms with van der Waals surface area (Å²) in [5.74, 6) is -1.30. The second kappa shape index (κ2) is 6.08. The predicted octanol–water partition coefficient (Wildman–Crippen LogP) is 1.46. The second-order valence-corrected chi connectivity index (χ2v) is 6.36. The first-order valence-electron chi connectivity index (χ1n) is 7.94. The molecule has 1 saturated carbocycles. The second-order valence-electron chi connectivity index (χ2n) is 6.36. The van der Waals surface area contributed by atoms with E-state index in [-0.39, 0.29) is 11.9 Å². The van der Waals surface area contributed by atoms with Gasteiger partial charge in [-0.3, -0.25) is 9.59 Å². The Hall–Kier alpha value is -1.88. The fraction of sp³-hybridized carbons (Fsp3) is 0.529. The van der Waals surface area contributed by atoms with E-state index < -0.39 is 11.4 Å². The van der Waals surface area contributed by atoms with E-state index in [1.165, 1.54) is 11.1 Å². The summed E-state index contributed by atoms with van der Waals surface area (Å²) in [7, 11) is 0. The van der Waals surface area contributed by atoms with Gasteiger partial charge in [-0.05, 0) is 30.4 Å². The minimum atomic E-state index is -1.20. The smallest absolute Gasteiger partial charge is 0.319 e. The van der Waals surface area contributed by atoms with Gasteiger partial charge in [0, 0.05) is 19.1 Å². The Morgan fingerprint density at radius 2 is 1.91 bits per heavy atom. The number of rotatable bonds is 4. The van der Waals surface area contributed by atoms with Gasteiger partial charge < -0.3 is 15.7 Å². The summed E-state index contributed by atoms with van der Waals surface area (Å²) in [5.41, 5.74) is 1.39. The van der Waals surface area contributed by atoms with Crippen LogP contribution in [0, 0.1) is 5.41 Å². The average Bonchev–Trinajstić information content (AvgIpc) is 3.03. The van der Waals surface area contributed by atoms with Gasteiger partial charge in [0.2, 0.25) is 5.91 Å². The fourth-order valence-corrected chi connectivity index (χ4v) is 3.57. The van der Waals surface area contributed by atoms with Crippen LogP contribution in [0.2, 0.25) is 0 Å². The van der Waals surface area contributed by atoms with E-state index >= 15 is 0 Å². The van der Waals surface area contributed by atoms with Crippen molar-refractivity contribution in [2.45, 2.75) is 44.7 Å². The van der Waals surface area contributed by atoms with Crippen molar-refractivity contribution in [3.63, 3.8) is 0 Å². The summed E-state index contributed by atoms with van der Waals surface area (Å²) in [6.07, 6.45) is 3.39. The molecule has 3 rings (SSSR count). The first-order chi connectivity index (χ1) is 10.6. The van der Waals surface area contributed by atoms with E-state index in [1.807, 2.05) is 12.1 Å². The predicted molar refractivity (Wildman–Crippen MR) is 82.3 cm³/mol. The van der Waals surface area contributed by atoms with Gasteiger partial charge in [-0.25, -0.2) is 0 Å². The van der Waals surface area contributed by atoms with Gasteiger partial charge in [0.05, 0.1) is 0 Å². The Morgan fingerprint density at radius 3 is 2.59 bits per heavy atom. The molecule has 22 heavy (non-hydrogen) atoms. The molecule has 3 N–H and O–H groups in total. The van der Waals surface area contributed by atoms with Gasteiger partial charge in [-0.2, -0.15) is 0 Å². The molecule has 0 spiro atoms. The quantitative estimate of drug-likeness (QED) is 0.736. The monoisotopic (exact) mass is 302 g/mol. The molecule has 1 fully saturated rings. The third-order valence-electron chi connectivity index (χ3n) is 4.98. The normalized spacial score (nSPS) is 22.8. The van der Waals surface area contributed by atoms with Crippen molar-refractivity contribution in [2.24, 2.45) is 5.41 Å². The zero-order valence-electron chi connectivity index (χ0n) is 12.6. The van der Waals surface area contributed by atoms with E-state index in [0.29, 0.717) is 19.4 Å². The number of fused-ring (bicyclic) bond motifs is 1. The third-order valence-corrected chi connectivity index (χ3v) is 4.98. The molecule has 1 aromatic rings. The maximum absolute atomic E-state index is 12.4. The van der Waals surface area contributed by atoms with Crippen molar-refractivity contribution in [2.75, 3.05) is 6.54 Å². The Kier molecular flexibility index (Phi) is 4.16. The van der Waals surface area contributed by atoms with Gasteiger partial charge in [0.25, 0.3) is 0 Å². The van der Waals surface area contributed by atoms with Crippen LogP contribution in [-0.4, -0.2) is 29.6 Å². The molecule has 1 heterocycles. The molecule has 5 nitrogen and oxygen atoms in total. The van der Waals surface area contributed by atoms with E-state index in [1.54, 1.807) is 0 Å². The Labute approximate surface area is 130 Å². The van der Waals surface area contributed by atoms with Crippen molar-refractivity contribution >= 4 is 11.9 Å². The number of carbonyl (C=O) groups is 2. The van der Waals surface area contributed by atoms with Gasteiger partial charge in [0.15, 0.2) is 0 Å². The highest BCUT2D eigenvalue weighted by molar-refractivity contribution is 6.02. The number of hydrogen-bond donors (Lipinski definition) is 3. The molecule has 0 saturated heterocycles. The molecule has 1 unspecified atom stereocenters. The van der Waals surface area contributed by atoms with Crippen LogP contribution in [0.25, 0.3) is 0 Å². The minimum absolute atomic E-state index is 0.158. The summed E-state index contributed by atoms with van der Waals surface area (Å²) in [6, 6.07) is 8.43. The molecule has 1 atom stereocenters. The zero-order chi connectivity index (χ0) is 15.6. The molecule has 2 aliphatic rings. The first kappa shape index (κ1) is 15.0. The number of benzene rings is 1. The molecular formula is C17H22N2O3. The number of carboxylic acids is 1. The molecule has 5 heteroatoms. The lowest BCUT2D eigenvalue weighted by Crippen LogP contribution is -2.50. The number of carbonyl (C=O) groups excluding carboxylic acids is 1. The fourth-order valence-electron chi connectivity index (χ4n) is 3.57. The Morgan fingerprint density at radius 1 is 1.23 bits per heavy atom. The van der Waals surface area contributed by atoms with Crippen LogP contribution in [-0.2, 0) is 22.6 Å². The highest BCUT2D eigenvalue weighted by Gasteiger charge is 2.48. The summed E-state index contributed by atoms with van der Waals surface area (Å²) in [6.45, 7) is 1.27. The lowest BCUT2D eigenvalue weighted by atomic mass is 9.85. The molecule has 1 aromatic carbocycles. The maximum atomic E-state index is 12.4. The van der Waals surface area contributed by atoms with E-state index in [0.717, 1.165) is 25.8 Å². The molecular weight excluding hydrogens is 280 g/mol. The van der Waals surface area contributed by atoms with Gasteiger partial charge in [-0.15, -0.1) is 0 Å². The number of hydrogen-bond acceptors (Lipinski definition) is 3. The van der Waals surface area contributed by atoms with Crippen molar-refractivity contribution in [1.29, 1.82) is 0 Å². The van der Waals surface area contributed by atoms with Crippen LogP contribution in [0.15, 0.2) is 24.3 Å². The Balaban J connectivity index is 1.59. The minimum Gasteiger partial charge on any atom is -0.480 e. The average molecular weight is 302 g/mol. The molecule has 1 aliphatic carbocycles. The highest BCUT2D eigenvalue weighted by atomic mass is 16.4. The standard InChI is InChI=1S/C17H22N2O3/c20-15(17(16(21)22)7-3-4-8-17)19-11-14-9-12-5-1-2-6-13(12)10-18-14/h1-2,5-6,14,18H,3-4,7-11H2,(H,19,20)(H,21,22). The number of nitrogens with one attached hydrogen (secondary N) is 2. The molecule has 1 amide bonds. The molecule has 0 bridgehead atoms. The van der Waals surface area contributed by atoms with Gasteiger partial charge in [0.1, 0.15) is 5.41 Å². The first-order valence-corrected chi connectivity index (χ1v) is 7.94. The lowest BCUT2D eigenvalue weighted by Gasteiger charge is -2.28. The number of aliphatic carboxylic acids is 1. The highest BCUT2D eigenvalue weighted by Crippen LogP contribution is 2.38. The topological polar surface area (TPSA) is 78.4 Å². The van der Waals surface area contributed by atoms with Crippen LogP contribution in [0.5, 0.6) is 0 Å². The molecule has 1 aliphatic heterocycles. The zero-order valence-corrected chi connectivity index (χ0v) is 12.6. The van der Waals surface area contributed by atoms with E-state index in [2.05, 4.69) is 22.8 Å². The van der Waals surface area contributed by atoms with Crippen LogP contribution in [0.3, 0.4) is 0 Å². The van der Waals surface area contributed by atoms with Crippen LogP contribution in [0.4, 0.5) is 0 Å². The lowest BCUT2D eigenvalue weighted by molar-refractivity contribution is -0.155. The van der Waals surface area contributed by atoms with Crippen molar-refractivity contribution in [3.05, 3.63) is 35.4 Å². The van der Waals surface area contributed by atoms with Crippen molar-refractivity contribution < 1.29 is 14.7 Å². The SMILES string of the molecule is O=C(O)C1(C(=O)NCC2Cc3ccccc3CN2)CCCC1. The van der Waals surface area contributed by atoms with Gasteiger partial charge in [-0.1, -0.05) is 37.1 Å². The number of carboxylic acid groups (broad SMARTS) is 1. The van der Waals surface area contributed by atoms with E-state index in [9.17, 15) is 14.7 Å². The van der Waals surface area contributed by atoms with E-state index in [4.69, 9.17) is 0 Å². The summed E-state index contributed by atoms with van der Waals surface area (Å²) in [5, 5.41) is 15.7. The number of amides is 1. The van der Waals surface area contributed by atoms with Crippen LogP contribution in [0.1, 0.15) is 36.8 Å².